The van der Waals surface area contributed by atoms with E-state index in [-0.39, 0.29) is 25.9 Å². The Balaban J connectivity index is 2.41. The Morgan fingerprint density at radius 2 is 1.92 bits per heavy atom. The summed E-state index contributed by atoms with van der Waals surface area (Å²) < 4.78 is 29.3. The van der Waals surface area contributed by atoms with Crippen LogP contribution in [0.1, 0.15) is 12.8 Å². The molecule has 69 valence electrons. The third-order valence-corrected chi connectivity index (χ3v) is 1.88. The summed E-state index contributed by atoms with van der Waals surface area (Å²) in [5, 5.41) is 0. The van der Waals surface area contributed by atoms with Gasteiger partial charge in [0.05, 0.1) is 0 Å². The molecular formula is C7H10F2NO2. The van der Waals surface area contributed by atoms with E-state index in [1.165, 1.54) is 4.90 Å². The zero-order chi connectivity index (χ0) is 9.19. The molecule has 0 aromatic heterocycles. The average Bonchev–Trinajstić information content (AvgIpc) is 2.03. The van der Waals surface area contributed by atoms with Crippen LogP contribution in [0.15, 0.2) is 0 Å². The van der Waals surface area contributed by atoms with Gasteiger partial charge in [0.2, 0.25) is 0 Å². The van der Waals surface area contributed by atoms with E-state index in [0.717, 1.165) is 0 Å². The molecule has 0 aliphatic carbocycles. The maximum absolute atomic E-state index is 12.6. The van der Waals surface area contributed by atoms with Crippen molar-refractivity contribution in [2.45, 2.75) is 18.8 Å². The fourth-order valence-electron chi connectivity index (χ4n) is 1.11. The molecule has 5 heteroatoms. The summed E-state index contributed by atoms with van der Waals surface area (Å²) in [5.41, 5.74) is 0. The zero-order valence-corrected chi connectivity index (χ0v) is 6.56. The fourth-order valence-corrected chi connectivity index (χ4v) is 1.11. The first kappa shape index (κ1) is 9.22. The highest BCUT2D eigenvalue weighted by Gasteiger charge is 2.35. The summed E-state index contributed by atoms with van der Waals surface area (Å²) >= 11 is 0. The van der Waals surface area contributed by atoms with E-state index < -0.39 is 12.0 Å². The average molecular weight is 178 g/mol. The molecule has 1 saturated heterocycles. The largest absolute Gasteiger partial charge is 0.446 e. The minimum Gasteiger partial charge on any atom is -0.446 e. The summed E-state index contributed by atoms with van der Waals surface area (Å²) in [6.07, 6.45) is -1.21. The number of piperidine rings is 1. The Morgan fingerprint density at radius 1 is 1.42 bits per heavy atom. The second-order valence-electron chi connectivity index (χ2n) is 2.75. The molecule has 1 rings (SSSR count). The molecule has 1 amide bonds. The van der Waals surface area contributed by atoms with Gasteiger partial charge in [-0.1, -0.05) is 0 Å². The molecule has 0 spiro atoms. The Hall–Kier alpha value is -0.870. The van der Waals surface area contributed by atoms with E-state index in [9.17, 15) is 13.6 Å². The van der Waals surface area contributed by atoms with Crippen molar-refractivity contribution in [2.24, 2.45) is 0 Å². The van der Waals surface area contributed by atoms with Crippen molar-refractivity contribution in [3.63, 3.8) is 0 Å². The fraction of sp³-hybridized carbons (Fsp3) is 0.714. The summed E-state index contributed by atoms with van der Waals surface area (Å²) in [5.74, 6) is -2.63. The van der Waals surface area contributed by atoms with Gasteiger partial charge in [0.15, 0.2) is 0 Å². The molecule has 1 aliphatic heterocycles. The molecular weight excluding hydrogens is 168 g/mol. The second-order valence-corrected chi connectivity index (χ2v) is 2.75. The molecule has 1 fully saturated rings. The van der Waals surface area contributed by atoms with Gasteiger partial charge >= 0.3 is 6.09 Å². The van der Waals surface area contributed by atoms with Crippen molar-refractivity contribution in [1.82, 2.24) is 4.90 Å². The van der Waals surface area contributed by atoms with E-state index in [1.807, 2.05) is 0 Å². The van der Waals surface area contributed by atoms with Crippen molar-refractivity contribution in [3.05, 3.63) is 7.11 Å². The number of nitrogens with zero attached hydrogens (tertiary/aromatic N) is 1. The number of likely N-dealkylation sites (tertiary alicyclic amines) is 1. The van der Waals surface area contributed by atoms with Crippen LogP contribution in [0.25, 0.3) is 0 Å². The van der Waals surface area contributed by atoms with E-state index in [0.29, 0.717) is 0 Å². The molecule has 0 unspecified atom stereocenters. The number of rotatable bonds is 0. The van der Waals surface area contributed by atoms with Crippen molar-refractivity contribution < 1.29 is 18.3 Å². The lowest BCUT2D eigenvalue weighted by atomic mass is 10.1. The van der Waals surface area contributed by atoms with Crippen LogP contribution in [0.3, 0.4) is 0 Å². The van der Waals surface area contributed by atoms with Gasteiger partial charge in [0, 0.05) is 25.9 Å². The highest BCUT2D eigenvalue weighted by atomic mass is 19.3. The molecule has 0 aromatic carbocycles. The minimum atomic E-state index is -2.63. The molecule has 0 N–H and O–H groups in total. The number of hydrogen-bond acceptors (Lipinski definition) is 2. The van der Waals surface area contributed by atoms with Crippen molar-refractivity contribution in [3.8, 4) is 0 Å². The summed E-state index contributed by atoms with van der Waals surface area (Å²) in [6.45, 7) is 0.0860. The van der Waals surface area contributed by atoms with Crippen LogP contribution in [-0.4, -0.2) is 30.0 Å². The number of ether oxygens (including phenoxy) is 1. The first-order valence-corrected chi connectivity index (χ1v) is 3.64. The Labute approximate surface area is 69.3 Å². The molecule has 0 aromatic rings. The lowest BCUT2D eigenvalue weighted by Gasteiger charge is -2.30. The van der Waals surface area contributed by atoms with Crippen molar-refractivity contribution in [2.75, 3.05) is 13.1 Å². The van der Waals surface area contributed by atoms with Crippen LogP contribution in [0, 0.1) is 7.11 Å². The second kappa shape index (κ2) is 3.25. The Bertz CT molecular complexity index is 174. The predicted octanol–water partition coefficient (Wildman–Crippen LogP) is 1.65. The smallest absolute Gasteiger partial charge is 0.409 e. The van der Waals surface area contributed by atoms with Gasteiger partial charge < -0.3 is 9.64 Å². The number of alkyl halides is 2. The maximum atomic E-state index is 12.6. The van der Waals surface area contributed by atoms with Crippen LogP contribution in [0.2, 0.25) is 0 Å². The number of carbonyl (C=O) groups excluding carboxylic acids is 1. The normalized spacial score (nSPS) is 22.1. The van der Waals surface area contributed by atoms with Crippen LogP contribution in [-0.2, 0) is 4.74 Å². The molecule has 0 bridgehead atoms. The number of halogens is 2. The summed E-state index contributed by atoms with van der Waals surface area (Å²) in [7, 11) is 2.92. The minimum absolute atomic E-state index is 0.0430. The van der Waals surface area contributed by atoms with Crippen LogP contribution >= 0.6 is 0 Å². The van der Waals surface area contributed by atoms with E-state index in [1.54, 1.807) is 0 Å². The van der Waals surface area contributed by atoms with Gasteiger partial charge in [-0.2, -0.15) is 0 Å². The molecule has 1 radical (unpaired) electrons. The zero-order valence-electron chi connectivity index (χ0n) is 6.56. The third-order valence-electron chi connectivity index (χ3n) is 1.88. The summed E-state index contributed by atoms with van der Waals surface area (Å²) in [6, 6.07) is 0. The van der Waals surface area contributed by atoms with Gasteiger partial charge in [-0.3, -0.25) is 0 Å². The van der Waals surface area contributed by atoms with E-state index in [2.05, 4.69) is 11.8 Å². The third kappa shape index (κ3) is 2.06. The van der Waals surface area contributed by atoms with Gasteiger partial charge in [0.1, 0.15) is 7.11 Å². The number of amides is 1. The molecule has 0 atom stereocenters. The monoisotopic (exact) mass is 178 g/mol. The van der Waals surface area contributed by atoms with Gasteiger partial charge in [-0.25, -0.2) is 13.6 Å². The highest BCUT2D eigenvalue weighted by Crippen LogP contribution is 2.27. The standard InChI is InChI=1S/C7H10F2NO2/c1-12-6(11)10-4-2-7(8,9)3-5-10/h1-5H2. The lowest BCUT2D eigenvalue weighted by molar-refractivity contribution is -0.0507. The molecule has 1 heterocycles. The quantitative estimate of drug-likeness (QED) is 0.564. The van der Waals surface area contributed by atoms with Crippen molar-refractivity contribution >= 4 is 6.09 Å². The number of carbonyl (C=O) groups is 1. The topological polar surface area (TPSA) is 29.5 Å². The van der Waals surface area contributed by atoms with E-state index in [4.69, 9.17) is 0 Å². The Morgan fingerprint density at radius 3 is 2.33 bits per heavy atom. The molecule has 12 heavy (non-hydrogen) atoms. The molecule has 1 aliphatic rings. The Kier molecular flexibility index (Phi) is 2.49. The first-order chi connectivity index (χ1) is 5.55. The van der Waals surface area contributed by atoms with Crippen LogP contribution in [0.5, 0.6) is 0 Å². The van der Waals surface area contributed by atoms with E-state index >= 15 is 0 Å². The van der Waals surface area contributed by atoms with Crippen molar-refractivity contribution in [1.29, 1.82) is 0 Å². The predicted molar refractivity (Wildman–Crippen MR) is 37.6 cm³/mol. The number of hydrogen-bond donors (Lipinski definition) is 0. The molecule has 0 saturated carbocycles. The van der Waals surface area contributed by atoms with Gasteiger partial charge in [-0.15, -0.1) is 0 Å². The van der Waals surface area contributed by atoms with Crippen LogP contribution in [0.4, 0.5) is 13.6 Å². The van der Waals surface area contributed by atoms with Crippen LogP contribution < -0.4 is 0 Å². The first-order valence-electron chi connectivity index (χ1n) is 3.64. The maximum Gasteiger partial charge on any atom is 0.409 e. The van der Waals surface area contributed by atoms with Gasteiger partial charge in [0.25, 0.3) is 5.92 Å². The van der Waals surface area contributed by atoms with Gasteiger partial charge in [-0.05, 0) is 0 Å². The lowest BCUT2D eigenvalue weighted by Crippen LogP contribution is -2.42. The summed E-state index contributed by atoms with van der Waals surface area (Å²) in [4.78, 5) is 12.0. The SMILES string of the molecule is [CH2]OC(=O)N1CCC(F)(F)CC1. The molecule has 3 nitrogen and oxygen atoms in total. The highest BCUT2D eigenvalue weighted by molar-refractivity contribution is 5.67.